The summed E-state index contributed by atoms with van der Waals surface area (Å²) in [4.78, 5) is 26.4. The van der Waals surface area contributed by atoms with Crippen LogP contribution in [0, 0.1) is 0 Å². The van der Waals surface area contributed by atoms with E-state index in [2.05, 4.69) is 10.2 Å². The Morgan fingerprint density at radius 2 is 1.71 bits per heavy atom. The van der Waals surface area contributed by atoms with E-state index in [-0.39, 0.29) is 11.6 Å². The highest BCUT2D eigenvalue weighted by molar-refractivity contribution is 6.02. The van der Waals surface area contributed by atoms with Gasteiger partial charge in [0.25, 0.3) is 5.91 Å². The average molecular weight is 323 g/mol. The van der Waals surface area contributed by atoms with E-state index in [1.807, 2.05) is 24.3 Å². The predicted molar refractivity (Wildman–Crippen MR) is 89.4 cm³/mol. The first-order valence-corrected chi connectivity index (χ1v) is 7.48. The number of para-hydroxylation sites is 1. The van der Waals surface area contributed by atoms with Crippen LogP contribution in [-0.2, 0) is 9.53 Å². The molecule has 6 heteroatoms. The Labute approximate surface area is 139 Å². The van der Waals surface area contributed by atoms with Crippen molar-refractivity contribution in [3.8, 4) is 0 Å². The summed E-state index contributed by atoms with van der Waals surface area (Å²) in [5.74, 6) is -0.953. The average Bonchev–Trinajstić information content (AvgIpc) is 3.04. The summed E-state index contributed by atoms with van der Waals surface area (Å²) in [6.45, 7) is 0. The van der Waals surface area contributed by atoms with Gasteiger partial charge in [0.15, 0.2) is 5.69 Å². The van der Waals surface area contributed by atoms with Gasteiger partial charge in [-0.2, -0.15) is 5.10 Å². The highest BCUT2D eigenvalue weighted by Gasteiger charge is 2.28. The first-order chi connectivity index (χ1) is 11.6. The molecule has 0 saturated carbocycles. The largest absolute Gasteiger partial charge is 0.442 e. The van der Waals surface area contributed by atoms with Gasteiger partial charge in [0.1, 0.15) is 0 Å². The molecule has 0 radical (unpaired) electrons. The first kappa shape index (κ1) is 15.7. The van der Waals surface area contributed by atoms with E-state index in [1.165, 1.54) is 4.90 Å². The summed E-state index contributed by atoms with van der Waals surface area (Å²) in [6, 6.07) is 16.2. The molecular weight excluding hydrogens is 306 g/mol. The summed E-state index contributed by atoms with van der Waals surface area (Å²) in [5.41, 5.74) is 1.52. The Hall–Kier alpha value is -3.15. The molecule has 3 rings (SSSR count). The van der Waals surface area contributed by atoms with Gasteiger partial charge in [0.2, 0.25) is 6.10 Å². The van der Waals surface area contributed by atoms with Gasteiger partial charge < -0.3 is 9.64 Å². The lowest BCUT2D eigenvalue weighted by Crippen LogP contribution is -2.31. The van der Waals surface area contributed by atoms with Crippen molar-refractivity contribution < 1.29 is 14.3 Å². The zero-order valence-electron chi connectivity index (χ0n) is 13.4. The van der Waals surface area contributed by atoms with Crippen LogP contribution in [-0.4, -0.2) is 41.1 Å². The Morgan fingerprint density at radius 1 is 1.04 bits per heavy atom. The van der Waals surface area contributed by atoms with Gasteiger partial charge in [-0.25, -0.2) is 4.79 Å². The van der Waals surface area contributed by atoms with Crippen molar-refractivity contribution in [1.29, 1.82) is 0 Å². The molecule has 0 aliphatic rings. The number of nitrogens with one attached hydrogen (secondary N) is 1. The Morgan fingerprint density at radius 3 is 2.42 bits per heavy atom. The van der Waals surface area contributed by atoms with Gasteiger partial charge >= 0.3 is 5.97 Å². The molecule has 24 heavy (non-hydrogen) atoms. The van der Waals surface area contributed by atoms with E-state index in [0.717, 1.165) is 5.52 Å². The summed E-state index contributed by atoms with van der Waals surface area (Å²) in [7, 11) is 3.24. The lowest BCUT2D eigenvalue weighted by Gasteiger charge is -2.20. The van der Waals surface area contributed by atoms with Crippen LogP contribution >= 0.6 is 0 Å². The number of H-pyrrole nitrogens is 1. The molecule has 0 aliphatic heterocycles. The van der Waals surface area contributed by atoms with Crippen molar-refractivity contribution in [2.75, 3.05) is 14.1 Å². The fourth-order valence-corrected chi connectivity index (χ4v) is 2.41. The molecule has 122 valence electrons. The van der Waals surface area contributed by atoms with Crippen LogP contribution in [0.1, 0.15) is 22.2 Å². The molecule has 3 aromatic rings. The van der Waals surface area contributed by atoms with Gasteiger partial charge in [-0.05, 0) is 6.07 Å². The third kappa shape index (κ3) is 2.99. The lowest BCUT2D eigenvalue weighted by molar-refractivity contribution is -0.138. The standard InChI is InChI=1S/C18H17N3O3/c1-21(2)17(22)16(12-8-4-3-5-9-12)24-18(23)15-13-10-6-7-11-14(13)19-20-15/h3-11,16H,1-2H3,(H,19,20). The molecule has 0 aliphatic carbocycles. The molecule has 0 saturated heterocycles. The summed E-state index contributed by atoms with van der Waals surface area (Å²) < 4.78 is 5.50. The molecule has 0 fully saturated rings. The van der Waals surface area contributed by atoms with Crippen molar-refractivity contribution in [2.45, 2.75) is 6.10 Å². The van der Waals surface area contributed by atoms with Gasteiger partial charge in [-0.1, -0.05) is 48.5 Å². The van der Waals surface area contributed by atoms with Crippen LogP contribution in [0.15, 0.2) is 54.6 Å². The first-order valence-electron chi connectivity index (χ1n) is 7.48. The fourth-order valence-electron chi connectivity index (χ4n) is 2.41. The second-order valence-electron chi connectivity index (χ2n) is 5.55. The number of hydrogen-bond donors (Lipinski definition) is 1. The van der Waals surface area contributed by atoms with Crippen molar-refractivity contribution in [1.82, 2.24) is 15.1 Å². The monoisotopic (exact) mass is 323 g/mol. The van der Waals surface area contributed by atoms with Crippen molar-refractivity contribution >= 4 is 22.8 Å². The van der Waals surface area contributed by atoms with E-state index in [1.54, 1.807) is 44.4 Å². The van der Waals surface area contributed by atoms with Crippen LogP contribution in [0.25, 0.3) is 10.9 Å². The number of esters is 1. The van der Waals surface area contributed by atoms with Crippen LogP contribution in [0.4, 0.5) is 0 Å². The maximum atomic E-state index is 12.6. The zero-order chi connectivity index (χ0) is 17.1. The highest BCUT2D eigenvalue weighted by Crippen LogP contribution is 2.23. The van der Waals surface area contributed by atoms with E-state index < -0.39 is 12.1 Å². The summed E-state index contributed by atoms with van der Waals surface area (Å²) in [5, 5.41) is 7.47. The Kier molecular flexibility index (Phi) is 4.29. The number of rotatable bonds is 4. The molecule has 1 unspecified atom stereocenters. The summed E-state index contributed by atoms with van der Waals surface area (Å²) >= 11 is 0. The topological polar surface area (TPSA) is 75.3 Å². The molecule has 2 aromatic carbocycles. The van der Waals surface area contributed by atoms with Crippen LogP contribution in [0.3, 0.4) is 0 Å². The number of amides is 1. The van der Waals surface area contributed by atoms with Gasteiger partial charge in [0.05, 0.1) is 5.52 Å². The van der Waals surface area contributed by atoms with Gasteiger partial charge in [-0.15, -0.1) is 0 Å². The molecule has 6 nitrogen and oxygen atoms in total. The number of carbonyl (C=O) groups excluding carboxylic acids is 2. The number of aromatic amines is 1. The SMILES string of the molecule is CN(C)C(=O)C(OC(=O)c1n[nH]c2ccccc12)c1ccccc1. The quantitative estimate of drug-likeness (QED) is 0.749. The van der Waals surface area contributed by atoms with E-state index in [4.69, 9.17) is 4.74 Å². The molecule has 0 bridgehead atoms. The molecule has 1 atom stereocenters. The predicted octanol–water partition coefficient (Wildman–Crippen LogP) is 2.55. The maximum Gasteiger partial charge on any atom is 0.360 e. The number of nitrogens with zero attached hydrogens (tertiary/aromatic N) is 2. The maximum absolute atomic E-state index is 12.6. The molecular formula is C18H17N3O3. The van der Waals surface area contributed by atoms with Crippen LogP contribution < -0.4 is 0 Å². The second-order valence-corrected chi connectivity index (χ2v) is 5.55. The smallest absolute Gasteiger partial charge is 0.360 e. The molecule has 1 aromatic heterocycles. The van der Waals surface area contributed by atoms with E-state index >= 15 is 0 Å². The number of ether oxygens (including phenoxy) is 1. The minimum Gasteiger partial charge on any atom is -0.442 e. The summed E-state index contributed by atoms with van der Waals surface area (Å²) in [6.07, 6.45) is -1.01. The number of benzene rings is 2. The van der Waals surface area contributed by atoms with Gasteiger partial charge in [-0.3, -0.25) is 9.89 Å². The third-order valence-corrected chi connectivity index (χ3v) is 3.66. The molecule has 1 amide bonds. The highest BCUT2D eigenvalue weighted by atomic mass is 16.5. The number of hydrogen-bond acceptors (Lipinski definition) is 4. The lowest BCUT2D eigenvalue weighted by atomic mass is 10.1. The van der Waals surface area contributed by atoms with Crippen LogP contribution in [0.5, 0.6) is 0 Å². The number of aromatic nitrogens is 2. The third-order valence-electron chi connectivity index (χ3n) is 3.66. The molecule has 0 spiro atoms. The Bertz CT molecular complexity index is 871. The fraction of sp³-hybridized carbons (Fsp3) is 0.167. The van der Waals surface area contributed by atoms with Crippen molar-refractivity contribution in [2.24, 2.45) is 0 Å². The normalized spacial score (nSPS) is 11.9. The van der Waals surface area contributed by atoms with Crippen molar-refractivity contribution in [3.05, 3.63) is 65.9 Å². The number of likely N-dealkylation sites (N-methyl/N-ethyl adjacent to an activating group) is 1. The van der Waals surface area contributed by atoms with E-state index in [9.17, 15) is 9.59 Å². The van der Waals surface area contributed by atoms with Crippen molar-refractivity contribution in [3.63, 3.8) is 0 Å². The van der Waals surface area contributed by atoms with E-state index in [0.29, 0.717) is 10.9 Å². The molecule has 1 N–H and O–H groups in total. The minimum absolute atomic E-state index is 0.165. The second kappa shape index (κ2) is 6.54. The number of carbonyl (C=O) groups is 2. The Balaban J connectivity index is 1.92. The molecule has 1 heterocycles. The number of fused-ring (bicyclic) bond motifs is 1. The zero-order valence-corrected chi connectivity index (χ0v) is 13.4. The minimum atomic E-state index is -1.01. The van der Waals surface area contributed by atoms with Crippen LogP contribution in [0.2, 0.25) is 0 Å². The van der Waals surface area contributed by atoms with Gasteiger partial charge in [0, 0.05) is 25.0 Å².